The van der Waals surface area contributed by atoms with Crippen LogP contribution in [0.15, 0.2) is 36.4 Å². The standard InChI is InChI=1S/C22H27N3/c1-5-6-9-16-12-15(4)20-19(13-16)17-10-7-8-11-18(17)22(24)25(20)21(23)14(2)3/h7-8,10-14,23-24H,5-6,9H2,1-4H3. The Bertz CT molecular complexity index is 1010. The first-order chi connectivity index (χ1) is 12.0. The zero-order valence-corrected chi connectivity index (χ0v) is 15.6. The normalized spacial score (nSPS) is 11.6. The Balaban J connectivity index is 2.47. The van der Waals surface area contributed by atoms with E-state index < -0.39 is 0 Å². The molecule has 130 valence electrons. The summed E-state index contributed by atoms with van der Waals surface area (Å²) in [5.74, 6) is 0.544. The average molecular weight is 333 g/mol. The summed E-state index contributed by atoms with van der Waals surface area (Å²) in [6, 6.07) is 12.6. The third-order valence-corrected chi connectivity index (χ3v) is 4.89. The SMILES string of the molecule is CCCCc1cc(C)c2c(c1)c1ccccc1c(=N)n2C(=N)C(C)C. The van der Waals surface area contributed by atoms with E-state index in [2.05, 4.69) is 32.0 Å². The molecule has 1 heterocycles. The number of fused-ring (bicyclic) bond motifs is 3. The number of benzene rings is 2. The predicted molar refractivity (Wildman–Crippen MR) is 107 cm³/mol. The van der Waals surface area contributed by atoms with Gasteiger partial charge in [0.05, 0.1) is 5.52 Å². The number of unbranched alkanes of at least 4 members (excludes halogenated alkanes) is 1. The van der Waals surface area contributed by atoms with E-state index in [4.69, 9.17) is 10.8 Å². The van der Waals surface area contributed by atoms with Gasteiger partial charge in [0.1, 0.15) is 11.3 Å². The van der Waals surface area contributed by atoms with Crippen molar-refractivity contribution in [3.8, 4) is 0 Å². The molecule has 3 aromatic rings. The fourth-order valence-electron chi connectivity index (χ4n) is 3.54. The van der Waals surface area contributed by atoms with Gasteiger partial charge in [-0.3, -0.25) is 15.4 Å². The number of nitrogens with one attached hydrogen (secondary N) is 2. The molecule has 0 aliphatic rings. The van der Waals surface area contributed by atoms with Crippen molar-refractivity contribution in [2.24, 2.45) is 5.92 Å². The molecule has 3 nitrogen and oxygen atoms in total. The Morgan fingerprint density at radius 2 is 1.76 bits per heavy atom. The molecule has 2 N–H and O–H groups in total. The van der Waals surface area contributed by atoms with Crippen molar-refractivity contribution < 1.29 is 0 Å². The number of hydrogen-bond acceptors (Lipinski definition) is 2. The van der Waals surface area contributed by atoms with Gasteiger partial charge in [-0.15, -0.1) is 0 Å². The van der Waals surface area contributed by atoms with Gasteiger partial charge in [-0.25, -0.2) is 0 Å². The van der Waals surface area contributed by atoms with E-state index in [1.54, 1.807) is 0 Å². The highest BCUT2D eigenvalue weighted by Gasteiger charge is 2.16. The van der Waals surface area contributed by atoms with Crippen LogP contribution in [0.4, 0.5) is 0 Å². The van der Waals surface area contributed by atoms with Gasteiger partial charge >= 0.3 is 0 Å². The Morgan fingerprint density at radius 3 is 2.40 bits per heavy atom. The molecular formula is C22H27N3. The third kappa shape index (κ3) is 2.99. The van der Waals surface area contributed by atoms with Crippen LogP contribution in [-0.2, 0) is 6.42 Å². The summed E-state index contributed by atoms with van der Waals surface area (Å²) >= 11 is 0. The fourth-order valence-corrected chi connectivity index (χ4v) is 3.54. The highest BCUT2D eigenvalue weighted by molar-refractivity contribution is 6.10. The molecule has 3 rings (SSSR count). The van der Waals surface area contributed by atoms with E-state index in [1.807, 2.05) is 36.6 Å². The van der Waals surface area contributed by atoms with Gasteiger partial charge in [0.2, 0.25) is 0 Å². The van der Waals surface area contributed by atoms with E-state index in [-0.39, 0.29) is 5.92 Å². The van der Waals surface area contributed by atoms with E-state index in [9.17, 15) is 0 Å². The molecule has 0 aliphatic carbocycles. The Kier molecular flexibility index (Phi) is 4.76. The summed E-state index contributed by atoms with van der Waals surface area (Å²) in [6.07, 6.45) is 3.44. The van der Waals surface area contributed by atoms with Gasteiger partial charge in [-0.05, 0) is 42.3 Å². The zero-order chi connectivity index (χ0) is 18.1. The molecule has 0 unspecified atom stereocenters. The summed E-state index contributed by atoms with van der Waals surface area (Å²) in [7, 11) is 0. The first kappa shape index (κ1) is 17.4. The summed E-state index contributed by atoms with van der Waals surface area (Å²) in [4.78, 5) is 0. The van der Waals surface area contributed by atoms with Crippen molar-refractivity contribution in [3.63, 3.8) is 0 Å². The first-order valence-corrected chi connectivity index (χ1v) is 9.16. The van der Waals surface area contributed by atoms with Crippen LogP contribution in [0.1, 0.15) is 44.7 Å². The van der Waals surface area contributed by atoms with Crippen LogP contribution in [-0.4, -0.2) is 10.4 Å². The van der Waals surface area contributed by atoms with Crippen LogP contribution < -0.4 is 5.49 Å². The van der Waals surface area contributed by atoms with Crippen LogP contribution in [0.5, 0.6) is 0 Å². The van der Waals surface area contributed by atoms with Crippen molar-refractivity contribution >= 4 is 27.5 Å². The maximum atomic E-state index is 8.73. The van der Waals surface area contributed by atoms with Crippen molar-refractivity contribution in [1.82, 2.24) is 4.57 Å². The molecule has 0 aliphatic heterocycles. The molecule has 0 amide bonds. The summed E-state index contributed by atoms with van der Waals surface area (Å²) < 4.78 is 1.83. The van der Waals surface area contributed by atoms with Crippen molar-refractivity contribution in [2.75, 3.05) is 0 Å². The summed E-state index contributed by atoms with van der Waals surface area (Å²) in [6.45, 7) is 8.35. The second-order valence-corrected chi connectivity index (χ2v) is 7.18. The fraction of sp³-hybridized carbons (Fsp3) is 0.364. The van der Waals surface area contributed by atoms with Crippen LogP contribution in [0.25, 0.3) is 21.7 Å². The molecule has 0 saturated heterocycles. The number of aryl methyl sites for hydroxylation is 2. The smallest absolute Gasteiger partial charge is 0.138 e. The molecule has 0 atom stereocenters. The van der Waals surface area contributed by atoms with E-state index in [0.717, 1.165) is 33.7 Å². The molecule has 2 aromatic carbocycles. The van der Waals surface area contributed by atoms with E-state index in [1.165, 1.54) is 18.4 Å². The molecule has 1 aromatic heterocycles. The Hall–Kier alpha value is -2.42. The maximum Gasteiger partial charge on any atom is 0.138 e. The van der Waals surface area contributed by atoms with Crippen LogP contribution in [0, 0.1) is 23.7 Å². The van der Waals surface area contributed by atoms with Crippen LogP contribution >= 0.6 is 0 Å². The van der Waals surface area contributed by atoms with Gasteiger partial charge in [-0.1, -0.05) is 57.5 Å². The summed E-state index contributed by atoms with van der Waals surface area (Å²) in [5.41, 5.74) is 3.90. The third-order valence-electron chi connectivity index (χ3n) is 4.89. The minimum Gasteiger partial charge on any atom is -0.288 e. The monoisotopic (exact) mass is 333 g/mol. The maximum absolute atomic E-state index is 8.73. The topological polar surface area (TPSA) is 52.6 Å². The lowest BCUT2D eigenvalue weighted by Gasteiger charge is -2.20. The zero-order valence-electron chi connectivity index (χ0n) is 15.6. The Morgan fingerprint density at radius 1 is 1.08 bits per heavy atom. The van der Waals surface area contributed by atoms with Crippen molar-refractivity contribution in [3.05, 3.63) is 53.0 Å². The lowest BCUT2D eigenvalue weighted by Crippen LogP contribution is -2.31. The highest BCUT2D eigenvalue weighted by atomic mass is 15.0. The number of rotatable bonds is 4. The van der Waals surface area contributed by atoms with E-state index in [0.29, 0.717) is 11.3 Å². The second kappa shape index (κ2) is 6.83. The number of pyridine rings is 1. The number of hydrogen-bond donors (Lipinski definition) is 2. The molecule has 3 heteroatoms. The van der Waals surface area contributed by atoms with Gasteiger partial charge in [0.25, 0.3) is 0 Å². The molecule has 25 heavy (non-hydrogen) atoms. The minimum absolute atomic E-state index is 0.0673. The van der Waals surface area contributed by atoms with Crippen LogP contribution in [0.3, 0.4) is 0 Å². The van der Waals surface area contributed by atoms with Crippen LogP contribution in [0.2, 0.25) is 0 Å². The molecule has 0 spiro atoms. The molecule has 0 fully saturated rings. The molecular weight excluding hydrogens is 306 g/mol. The molecule has 0 bridgehead atoms. The van der Waals surface area contributed by atoms with Gasteiger partial charge in [0, 0.05) is 16.7 Å². The molecule has 0 radical (unpaired) electrons. The largest absolute Gasteiger partial charge is 0.288 e. The van der Waals surface area contributed by atoms with Crippen molar-refractivity contribution in [2.45, 2.75) is 47.0 Å². The number of aromatic nitrogens is 1. The summed E-state index contributed by atoms with van der Waals surface area (Å²) in [5, 5.41) is 20.5. The quantitative estimate of drug-likeness (QED) is 0.364. The Labute approximate surface area is 149 Å². The minimum atomic E-state index is 0.0673. The predicted octanol–water partition coefficient (Wildman–Crippen LogP) is 5.41. The number of nitrogens with zero attached hydrogens (tertiary/aromatic N) is 1. The first-order valence-electron chi connectivity index (χ1n) is 9.16. The van der Waals surface area contributed by atoms with Crippen molar-refractivity contribution in [1.29, 1.82) is 10.8 Å². The average Bonchev–Trinajstić information content (AvgIpc) is 2.60. The van der Waals surface area contributed by atoms with Gasteiger partial charge < -0.3 is 0 Å². The molecule has 0 saturated carbocycles. The van der Waals surface area contributed by atoms with E-state index >= 15 is 0 Å². The van der Waals surface area contributed by atoms with Gasteiger partial charge in [-0.2, -0.15) is 0 Å². The second-order valence-electron chi connectivity index (χ2n) is 7.18. The highest BCUT2D eigenvalue weighted by Crippen LogP contribution is 2.28. The van der Waals surface area contributed by atoms with Gasteiger partial charge in [0.15, 0.2) is 0 Å². The lowest BCUT2D eigenvalue weighted by atomic mass is 9.97. The lowest BCUT2D eigenvalue weighted by molar-refractivity contribution is 0.794.